The zero-order chi connectivity index (χ0) is 18.6. The Kier molecular flexibility index (Phi) is 6.05. The van der Waals surface area contributed by atoms with Crippen molar-refractivity contribution in [3.63, 3.8) is 0 Å². The quantitative estimate of drug-likeness (QED) is 0.732. The molecule has 26 heavy (non-hydrogen) atoms. The summed E-state index contributed by atoms with van der Waals surface area (Å²) in [7, 11) is -3.29. The first-order chi connectivity index (χ1) is 12.4. The molecule has 0 atom stereocenters. The van der Waals surface area contributed by atoms with Gasteiger partial charge in [-0.25, -0.2) is 8.42 Å². The summed E-state index contributed by atoms with van der Waals surface area (Å²) < 4.78 is 32.1. The monoisotopic (exact) mass is 378 g/mol. The number of nitrogens with zero attached hydrogens (tertiary/aromatic N) is 4. The van der Waals surface area contributed by atoms with E-state index < -0.39 is 10.0 Å². The largest absolute Gasteiger partial charge is 0.338 e. The van der Waals surface area contributed by atoms with Gasteiger partial charge in [-0.15, -0.1) is 0 Å². The SMILES string of the molecule is CC(C)Cc1noc(CN2CCN(S(=O)(=O)Cc3ccccc3)CC2)n1. The highest BCUT2D eigenvalue weighted by molar-refractivity contribution is 7.88. The summed E-state index contributed by atoms with van der Waals surface area (Å²) in [6.07, 6.45) is 0.801. The Balaban J connectivity index is 1.51. The smallest absolute Gasteiger partial charge is 0.240 e. The van der Waals surface area contributed by atoms with Crippen LogP contribution in [0.25, 0.3) is 0 Å². The molecule has 8 heteroatoms. The van der Waals surface area contributed by atoms with Gasteiger partial charge in [0, 0.05) is 32.6 Å². The van der Waals surface area contributed by atoms with Crippen molar-refractivity contribution >= 4 is 10.0 Å². The van der Waals surface area contributed by atoms with Crippen LogP contribution in [0.3, 0.4) is 0 Å². The molecule has 1 aromatic carbocycles. The van der Waals surface area contributed by atoms with Crippen molar-refractivity contribution in [3.8, 4) is 0 Å². The molecule has 0 spiro atoms. The lowest BCUT2D eigenvalue weighted by Crippen LogP contribution is -2.48. The molecular formula is C18H26N4O3S. The van der Waals surface area contributed by atoms with Gasteiger partial charge >= 0.3 is 0 Å². The summed E-state index contributed by atoms with van der Waals surface area (Å²) in [4.78, 5) is 6.57. The number of hydrogen-bond donors (Lipinski definition) is 0. The van der Waals surface area contributed by atoms with Crippen molar-refractivity contribution < 1.29 is 12.9 Å². The Hall–Kier alpha value is -1.77. The van der Waals surface area contributed by atoms with Crippen LogP contribution in [0, 0.1) is 5.92 Å². The zero-order valence-electron chi connectivity index (χ0n) is 15.3. The van der Waals surface area contributed by atoms with Crippen LogP contribution in [-0.2, 0) is 28.7 Å². The van der Waals surface area contributed by atoms with E-state index in [1.807, 2.05) is 30.3 Å². The van der Waals surface area contributed by atoms with Gasteiger partial charge in [0.1, 0.15) is 0 Å². The topological polar surface area (TPSA) is 79.5 Å². The Labute approximate surface area is 155 Å². The second-order valence-corrected chi connectivity index (χ2v) is 9.09. The summed E-state index contributed by atoms with van der Waals surface area (Å²) in [6, 6.07) is 9.30. The number of aromatic nitrogens is 2. The van der Waals surface area contributed by atoms with E-state index >= 15 is 0 Å². The number of rotatable bonds is 7. The molecule has 0 N–H and O–H groups in total. The van der Waals surface area contributed by atoms with Gasteiger partial charge in [0.25, 0.3) is 0 Å². The molecule has 0 radical (unpaired) electrons. The predicted molar refractivity (Wildman–Crippen MR) is 98.8 cm³/mol. The maximum absolute atomic E-state index is 12.6. The first-order valence-electron chi connectivity index (χ1n) is 8.98. The first kappa shape index (κ1) is 19.0. The predicted octanol–water partition coefficient (Wildman–Crippen LogP) is 1.92. The molecule has 0 saturated carbocycles. The first-order valence-corrected chi connectivity index (χ1v) is 10.6. The third-order valence-electron chi connectivity index (χ3n) is 4.38. The molecule has 1 saturated heterocycles. The molecule has 1 aliphatic rings. The van der Waals surface area contributed by atoms with Crippen LogP contribution in [0.1, 0.15) is 31.1 Å². The third kappa shape index (κ3) is 5.12. The number of hydrogen-bond acceptors (Lipinski definition) is 6. The Morgan fingerprint density at radius 3 is 2.46 bits per heavy atom. The minimum atomic E-state index is -3.29. The van der Waals surface area contributed by atoms with Crippen molar-refractivity contribution in [2.45, 2.75) is 32.6 Å². The minimum absolute atomic E-state index is 0.0516. The van der Waals surface area contributed by atoms with Crippen LogP contribution in [0.2, 0.25) is 0 Å². The van der Waals surface area contributed by atoms with E-state index in [9.17, 15) is 8.42 Å². The molecule has 0 unspecified atom stereocenters. The van der Waals surface area contributed by atoms with Crippen LogP contribution < -0.4 is 0 Å². The fraction of sp³-hybridized carbons (Fsp3) is 0.556. The summed E-state index contributed by atoms with van der Waals surface area (Å²) >= 11 is 0. The molecule has 1 aliphatic heterocycles. The Bertz CT molecular complexity index is 797. The highest BCUT2D eigenvalue weighted by Crippen LogP contribution is 2.15. The molecule has 0 aliphatic carbocycles. The van der Waals surface area contributed by atoms with Gasteiger partial charge in [0.05, 0.1) is 12.3 Å². The standard InChI is InChI=1S/C18H26N4O3S/c1-15(2)12-17-19-18(25-20-17)13-21-8-10-22(11-9-21)26(23,24)14-16-6-4-3-5-7-16/h3-7,15H,8-14H2,1-2H3. The van der Waals surface area contributed by atoms with Gasteiger partial charge in [-0.05, 0) is 11.5 Å². The lowest BCUT2D eigenvalue weighted by Gasteiger charge is -2.33. The zero-order valence-corrected chi connectivity index (χ0v) is 16.2. The van der Waals surface area contributed by atoms with Crippen LogP contribution in [0.4, 0.5) is 0 Å². The Morgan fingerprint density at radius 1 is 1.12 bits per heavy atom. The van der Waals surface area contributed by atoms with E-state index in [1.165, 1.54) is 0 Å². The average molecular weight is 378 g/mol. The molecule has 3 rings (SSSR count). The summed E-state index contributed by atoms with van der Waals surface area (Å²) in [5.74, 6) is 1.87. The van der Waals surface area contributed by atoms with Crippen molar-refractivity contribution in [1.29, 1.82) is 0 Å². The van der Waals surface area contributed by atoms with E-state index in [1.54, 1.807) is 4.31 Å². The number of piperazine rings is 1. The van der Waals surface area contributed by atoms with Crippen molar-refractivity contribution in [3.05, 3.63) is 47.6 Å². The molecule has 0 amide bonds. The van der Waals surface area contributed by atoms with Crippen molar-refractivity contribution in [2.75, 3.05) is 26.2 Å². The van der Waals surface area contributed by atoms with Crippen LogP contribution in [0.15, 0.2) is 34.9 Å². The highest BCUT2D eigenvalue weighted by atomic mass is 32.2. The molecule has 2 aromatic rings. The van der Waals surface area contributed by atoms with Crippen LogP contribution in [0.5, 0.6) is 0 Å². The van der Waals surface area contributed by atoms with Crippen LogP contribution in [-0.4, -0.2) is 53.9 Å². The second-order valence-electron chi connectivity index (χ2n) is 7.12. The van der Waals surface area contributed by atoms with Gasteiger partial charge in [0.2, 0.25) is 15.9 Å². The summed E-state index contributed by atoms with van der Waals surface area (Å²) in [5.41, 5.74) is 0.818. The Morgan fingerprint density at radius 2 is 1.81 bits per heavy atom. The van der Waals surface area contributed by atoms with Crippen LogP contribution >= 0.6 is 0 Å². The molecule has 7 nitrogen and oxygen atoms in total. The maximum Gasteiger partial charge on any atom is 0.240 e. The van der Waals surface area contributed by atoms with Crippen molar-refractivity contribution in [2.24, 2.45) is 5.92 Å². The molecule has 1 fully saturated rings. The van der Waals surface area contributed by atoms with Gasteiger partial charge in [-0.3, -0.25) is 4.90 Å². The lowest BCUT2D eigenvalue weighted by molar-refractivity contribution is 0.163. The molecule has 142 valence electrons. The minimum Gasteiger partial charge on any atom is -0.338 e. The van der Waals surface area contributed by atoms with E-state index in [4.69, 9.17) is 4.52 Å². The summed E-state index contributed by atoms with van der Waals surface area (Å²) in [6.45, 7) is 7.10. The van der Waals surface area contributed by atoms with E-state index in [0.29, 0.717) is 44.5 Å². The average Bonchev–Trinajstić information content (AvgIpc) is 3.02. The van der Waals surface area contributed by atoms with E-state index in [-0.39, 0.29) is 5.75 Å². The third-order valence-corrected chi connectivity index (χ3v) is 6.23. The molecule has 0 bridgehead atoms. The molecule has 1 aromatic heterocycles. The summed E-state index contributed by atoms with van der Waals surface area (Å²) in [5, 5.41) is 4.00. The fourth-order valence-corrected chi connectivity index (χ4v) is 4.55. The van der Waals surface area contributed by atoms with Gasteiger partial charge < -0.3 is 4.52 Å². The number of sulfonamides is 1. The second kappa shape index (κ2) is 8.28. The molecular weight excluding hydrogens is 352 g/mol. The number of benzene rings is 1. The fourth-order valence-electron chi connectivity index (χ4n) is 3.04. The van der Waals surface area contributed by atoms with E-state index in [0.717, 1.165) is 17.8 Å². The maximum atomic E-state index is 12.6. The highest BCUT2D eigenvalue weighted by Gasteiger charge is 2.27. The van der Waals surface area contributed by atoms with Gasteiger partial charge in [-0.1, -0.05) is 49.3 Å². The van der Waals surface area contributed by atoms with Crippen molar-refractivity contribution in [1.82, 2.24) is 19.3 Å². The van der Waals surface area contributed by atoms with Gasteiger partial charge in [-0.2, -0.15) is 9.29 Å². The van der Waals surface area contributed by atoms with Gasteiger partial charge in [0.15, 0.2) is 5.82 Å². The normalized spacial score (nSPS) is 17.0. The lowest BCUT2D eigenvalue weighted by atomic mass is 10.1. The van der Waals surface area contributed by atoms with E-state index in [2.05, 4.69) is 28.9 Å². The molecule has 2 heterocycles.